The molecular formula is C17H29N3O. The molecule has 1 aliphatic heterocycles. The van der Waals surface area contributed by atoms with Crippen LogP contribution in [0.1, 0.15) is 30.5 Å². The Hall–Kier alpha value is -0.940. The summed E-state index contributed by atoms with van der Waals surface area (Å²) >= 11 is 0. The molecule has 118 valence electrons. The van der Waals surface area contributed by atoms with Gasteiger partial charge in [-0.05, 0) is 45.2 Å². The molecule has 0 amide bonds. The first-order valence-corrected chi connectivity index (χ1v) is 7.80. The summed E-state index contributed by atoms with van der Waals surface area (Å²) in [5.41, 5.74) is 7.05. The van der Waals surface area contributed by atoms with Gasteiger partial charge in [0.1, 0.15) is 0 Å². The monoisotopic (exact) mass is 291 g/mol. The van der Waals surface area contributed by atoms with Crippen molar-refractivity contribution in [2.24, 2.45) is 5.84 Å². The summed E-state index contributed by atoms with van der Waals surface area (Å²) in [6, 6.07) is 6.84. The fraction of sp³-hybridized carbons (Fsp3) is 0.647. The molecule has 1 aromatic rings. The van der Waals surface area contributed by atoms with Crippen LogP contribution < -0.4 is 11.3 Å². The maximum Gasteiger partial charge on any atom is 0.0594 e. The average molecular weight is 291 g/mol. The second-order valence-corrected chi connectivity index (χ2v) is 6.61. The highest BCUT2D eigenvalue weighted by molar-refractivity contribution is 5.31. The number of hydrazine groups is 1. The molecule has 21 heavy (non-hydrogen) atoms. The van der Waals surface area contributed by atoms with E-state index in [4.69, 9.17) is 10.6 Å². The van der Waals surface area contributed by atoms with Crippen LogP contribution in [0.25, 0.3) is 0 Å². The van der Waals surface area contributed by atoms with E-state index in [0.717, 1.165) is 32.7 Å². The van der Waals surface area contributed by atoms with Crippen molar-refractivity contribution < 1.29 is 4.74 Å². The molecule has 4 heteroatoms. The van der Waals surface area contributed by atoms with Crippen molar-refractivity contribution in [2.75, 3.05) is 26.3 Å². The lowest BCUT2D eigenvalue weighted by atomic mass is 9.86. The largest absolute Gasteiger partial charge is 0.379 e. The minimum atomic E-state index is -0.00524. The molecule has 3 N–H and O–H groups in total. The summed E-state index contributed by atoms with van der Waals surface area (Å²) in [5.74, 6) is 5.89. The van der Waals surface area contributed by atoms with Crippen LogP contribution in [0.5, 0.6) is 0 Å². The Balaban J connectivity index is 2.16. The summed E-state index contributed by atoms with van der Waals surface area (Å²) < 4.78 is 5.47. The molecule has 1 aliphatic rings. The lowest BCUT2D eigenvalue weighted by molar-refractivity contribution is -0.0233. The predicted octanol–water partition coefficient (Wildman–Crippen LogP) is 1.79. The highest BCUT2D eigenvalue weighted by atomic mass is 16.5. The molecule has 0 radical (unpaired) electrons. The van der Waals surface area contributed by atoms with Gasteiger partial charge in [-0.25, -0.2) is 0 Å². The number of aryl methyl sites for hydroxylation is 2. The number of ether oxygens (including phenoxy) is 1. The number of rotatable bonds is 5. The zero-order valence-corrected chi connectivity index (χ0v) is 13.8. The Morgan fingerprint density at radius 1 is 1.29 bits per heavy atom. The molecule has 0 saturated carbocycles. The van der Waals surface area contributed by atoms with Gasteiger partial charge in [0.25, 0.3) is 0 Å². The fourth-order valence-electron chi connectivity index (χ4n) is 3.11. The number of hydrogen-bond acceptors (Lipinski definition) is 4. The van der Waals surface area contributed by atoms with Crippen molar-refractivity contribution >= 4 is 0 Å². The number of nitrogens with zero attached hydrogens (tertiary/aromatic N) is 1. The highest BCUT2D eigenvalue weighted by Crippen LogP contribution is 2.24. The maximum absolute atomic E-state index is 5.89. The van der Waals surface area contributed by atoms with E-state index in [1.807, 2.05) is 0 Å². The molecule has 1 aromatic carbocycles. The number of morpholine rings is 1. The molecule has 1 fully saturated rings. The number of benzene rings is 1. The van der Waals surface area contributed by atoms with Crippen molar-refractivity contribution in [2.45, 2.75) is 45.7 Å². The van der Waals surface area contributed by atoms with Crippen LogP contribution in [0.15, 0.2) is 18.2 Å². The maximum atomic E-state index is 5.89. The zero-order valence-electron chi connectivity index (χ0n) is 13.8. The van der Waals surface area contributed by atoms with Gasteiger partial charge in [0, 0.05) is 24.7 Å². The van der Waals surface area contributed by atoms with E-state index in [-0.39, 0.29) is 11.6 Å². The third-order valence-electron chi connectivity index (χ3n) is 4.81. The van der Waals surface area contributed by atoms with Crippen LogP contribution in [-0.2, 0) is 11.2 Å². The summed E-state index contributed by atoms with van der Waals surface area (Å²) in [6.45, 7) is 12.4. The van der Waals surface area contributed by atoms with Gasteiger partial charge in [0.05, 0.1) is 13.2 Å². The van der Waals surface area contributed by atoms with E-state index in [1.165, 1.54) is 16.7 Å². The molecule has 2 rings (SSSR count). The second kappa shape index (κ2) is 6.88. The van der Waals surface area contributed by atoms with Gasteiger partial charge in [0.15, 0.2) is 0 Å². The molecule has 4 nitrogen and oxygen atoms in total. The summed E-state index contributed by atoms with van der Waals surface area (Å²) in [6.07, 6.45) is 0.939. The molecule has 1 saturated heterocycles. The number of hydrogen-bond donors (Lipinski definition) is 2. The van der Waals surface area contributed by atoms with Gasteiger partial charge in [-0.2, -0.15) is 0 Å². The molecule has 1 unspecified atom stereocenters. The topological polar surface area (TPSA) is 50.5 Å². The number of nitrogens with one attached hydrogen (secondary N) is 1. The standard InChI is InChI=1S/C17H29N3O/c1-13-5-6-14(2)15(11-13)12-16(19-18)17(3,4)20-7-9-21-10-8-20/h5-6,11,16,19H,7-10,12,18H2,1-4H3. The van der Waals surface area contributed by atoms with Gasteiger partial charge < -0.3 is 4.74 Å². The molecule has 1 heterocycles. The van der Waals surface area contributed by atoms with Crippen molar-refractivity contribution in [3.63, 3.8) is 0 Å². The van der Waals surface area contributed by atoms with E-state index in [0.29, 0.717) is 0 Å². The molecular weight excluding hydrogens is 262 g/mol. The lowest BCUT2D eigenvalue weighted by Gasteiger charge is -2.45. The molecule has 1 atom stereocenters. The van der Waals surface area contributed by atoms with Crippen molar-refractivity contribution in [3.05, 3.63) is 34.9 Å². The summed E-state index contributed by atoms with van der Waals surface area (Å²) in [4.78, 5) is 2.48. The molecule has 0 spiro atoms. The number of nitrogens with two attached hydrogens (primary N) is 1. The SMILES string of the molecule is Cc1ccc(C)c(CC(NN)C(C)(C)N2CCOCC2)c1. The fourth-order valence-corrected chi connectivity index (χ4v) is 3.11. The lowest BCUT2D eigenvalue weighted by Crippen LogP contribution is -2.62. The van der Waals surface area contributed by atoms with Crippen molar-refractivity contribution in [1.29, 1.82) is 0 Å². The molecule has 0 aliphatic carbocycles. The van der Waals surface area contributed by atoms with Gasteiger partial charge in [-0.1, -0.05) is 23.8 Å². The van der Waals surface area contributed by atoms with E-state index in [1.54, 1.807) is 0 Å². The smallest absolute Gasteiger partial charge is 0.0594 e. The first kappa shape index (κ1) is 16.4. The van der Waals surface area contributed by atoms with Crippen molar-refractivity contribution in [3.8, 4) is 0 Å². The van der Waals surface area contributed by atoms with Gasteiger partial charge in [-0.3, -0.25) is 16.2 Å². The zero-order chi connectivity index (χ0) is 15.5. The third kappa shape index (κ3) is 3.83. The van der Waals surface area contributed by atoms with E-state index in [2.05, 4.69) is 56.2 Å². The first-order chi connectivity index (χ1) is 9.95. The summed E-state index contributed by atoms with van der Waals surface area (Å²) in [7, 11) is 0. The predicted molar refractivity (Wildman–Crippen MR) is 87.2 cm³/mol. The van der Waals surface area contributed by atoms with Crippen LogP contribution in [0.3, 0.4) is 0 Å². The Morgan fingerprint density at radius 2 is 1.95 bits per heavy atom. The third-order valence-corrected chi connectivity index (χ3v) is 4.81. The van der Waals surface area contributed by atoms with Gasteiger partial charge in [-0.15, -0.1) is 0 Å². The molecule has 0 bridgehead atoms. The van der Waals surface area contributed by atoms with E-state index < -0.39 is 0 Å². The average Bonchev–Trinajstić information content (AvgIpc) is 2.48. The first-order valence-electron chi connectivity index (χ1n) is 7.80. The minimum Gasteiger partial charge on any atom is -0.379 e. The van der Waals surface area contributed by atoms with Crippen LogP contribution in [0.2, 0.25) is 0 Å². The van der Waals surface area contributed by atoms with Crippen LogP contribution >= 0.6 is 0 Å². The minimum absolute atomic E-state index is 0.00524. The quantitative estimate of drug-likeness (QED) is 0.641. The Kier molecular flexibility index (Phi) is 5.38. The van der Waals surface area contributed by atoms with Gasteiger partial charge in [0.2, 0.25) is 0 Å². The normalized spacial score (nSPS) is 18.7. The van der Waals surface area contributed by atoms with E-state index >= 15 is 0 Å². The van der Waals surface area contributed by atoms with Crippen LogP contribution in [0.4, 0.5) is 0 Å². The molecule has 0 aromatic heterocycles. The highest BCUT2D eigenvalue weighted by Gasteiger charge is 2.35. The Labute approximate surface area is 128 Å². The van der Waals surface area contributed by atoms with Gasteiger partial charge >= 0.3 is 0 Å². The Bertz CT molecular complexity index is 467. The van der Waals surface area contributed by atoms with E-state index in [9.17, 15) is 0 Å². The van der Waals surface area contributed by atoms with Crippen LogP contribution in [-0.4, -0.2) is 42.8 Å². The second-order valence-electron chi connectivity index (χ2n) is 6.61. The Morgan fingerprint density at radius 3 is 2.57 bits per heavy atom. The van der Waals surface area contributed by atoms with Crippen molar-refractivity contribution in [1.82, 2.24) is 10.3 Å². The summed E-state index contributed by atoms with van der Waals surface area (Å²) in [5, 5.41) is 0. The van der Waals surface area contributed by atoms with Crippen LogP contribution in [0, 0.1) is 13.8 Å².